The first-order valence-electron chi connectivity index (χ1n) is 8.26. The molecule has 0 saturated carbocycles. The van der Waals surface area contributed by atoms with Gasteiger partial charge in [0.15, 0.2) is 0 Å². The van der Waals surface area contributed by atoms with Crippen molar-refractivity contribution >= 4 is 11.9 Å². The van der Waals surface area contributed by atoms with E-state index in [1.54, 1.807) is 17.0 Å². The number of aryl methyl sites for hydroxylation is 1. The Bertz CT molecular complexity index is 788. The largest absolute Gasteiger partial charge is 0.508 e. The highest BCUT2D eigenvalue weighted by atomic mass is 16.5. The molecule has 1 heterocycles. The molecule has 2 aromatic rings. The van der Waals surface area contributed by atoms with Crippen LogP contribution in [0.15, 0.2) is 48.5 Å². The number of phenols is 1. The molecule has 1 saturated heterocycles. The molecule has 0 bridgehead atoms. The zero-order valence-electron chi connectivity index (χ0n) is 14.3. The lowest BCUT2D eigenvalue weighted by molar-refractivity contribution is -0.147. The monoisotopic (exact) mass is 339 g/mol. The summed E-state index contributed by atoms with van der Waals surface area (Å²) < 4.78 is 5.40. The van der Waals surface area contributed by atoms with E-state index >= 15 is 0 Å². The first-order chi connectivity index (χ1) is 12.0. The van der Waals surface area contributed by atoms with Crippen LogP contribution in [-0.2, 0) is 20.9 Å². The summed E-state index contributed by atoms with van der Waals surface area (Å²) in [4.78, 5) is 25.8. The third-order valence-electron chi connectivity index (χ3n) is 4.40. The molecule has 130 valence electrons. The highest BCUT2D eigenvalue weighted by molar-refractivity contribution is 5.81. The smallest absolute Gasteiger partial charge is 0.303 e. The van der Waals surface area contributed by atoms with Gasteiger partial charge in [0, 0.05) is 19.0 Å². The van der Waals surface area contributed by atoms with Crippen molar-refractivity contribution in [1.29, 1.82) is 0 Å². The number of benzene rings is 2. The summed E-state index contributed by atoms with van der Waals surface area (Å²) in [5.74, 6) is -0.432. The number of aromatic hydroxyl groups is 1. The third-order valence-corrected chi connectivity index (χ3v) is 4.40. The summed E-state index contributed by atoms with van der Waals surface area (Å²) in [5, 5.41) is 10.3. The van der Waals surface area contributed by atoms with Gasteiger partial charge in [0.2, 0.25) is 5.91 Å². The number of likely N-dealkylation sites (tertiary alicyclic amines) is 1. The quantitative estimate of drug-likeness (QED) is 0.869. The second kappa shape index (κ2) is 6.97. The normalized spacial score (nSPS) is 19.9. The van der Waals surface area contributed by atoms with Crippen molar-refractivity contribution in [2.45, 2.75) is 39.0 Å². The zero-order valence-corrected chi connectivity index (χ0v) is 14.3. The Morgan fingerprint density at radius 2 is 1.96 bits per heavy atom. The average molecular weight is 339 g/mol. The highest BCUT2D eigenvalue weighted by Crippen LogP contribution is 2.40. The number of nitrogens with zero attached hydrogens (tertiary/aromatic N) is 1. The first-order valence-corrected chi connectivity index (χ1v) is 8.26. The summed E-state index contributed by atoms with van der Waals surface area (Å²) in [5.41, 5.74) is 2.55. The lowest BCUT2D eigenvalue weighted by atomic mass is 9.98. The molecule has 5 nitrogen and oxygen atoms in total. The van der Waals surface area contributed by atoms with E-state index in [1.165, 1.54) is 6.92 Å². The maximum Gasteiger partial charge on any atom is 0.303 e. The standard InChI is InChI=1S/C20H21NO4/c1-13-8-9-17(23)16(10-13)20-18(25-14(2)22)11-19(24)21(20)12-15-6-4-3-5-7-15/h3-10,18,20,23H,11-12H2,1-2H3/t18-,20+/m0/s1. The molecule has 1 aliphatic rings. The van der Waals surface area contributed by atoms with Crippen molar-refractivity contribution < 1.29 is 19.4 Å². The molecular weight excluding hydrogens is 318 g/mol. The molecule has 1 amide bonds. The van der Waals surface area contributed by atoms with Crippen molar-refractivity contribution in [3.8, 4) is 5.75 Å². The summed E-state index contributed by atoms with van der Waals surface area (Å²) >= 11 is 0. The molecule has 1 N–H and O–H groups in total. The molecule has 1 fully saturated rings. The molecular formula is C20H21NO4. The Morgan fingerprint density at radius 3 is 2.64 bits per heavy atom. The van der Waals surface area contributed by atoms with Crippen molar-refractivity contribution in [3.05, 3.63) is 65.2 Å². The summed E-state index contributed by atoms with van der Waals surface area (Å²) in [7, 11) is 0. The van der Waals surface area contributed by atoms with Crippen molar-refractivity contribution in [2.24, 2.45) is 0 Å². The number of ether oxygens (including phenoxy) is 1. The van der Waals surface area contributed by atoms with Gasteiger partial charge in [0.1, 0.15) is 11.9 Å². The van der Waals surface area contributed by atoms with Gasteiger partial charge in [-0.15, -0.1) is 0 Å². The Hall–Kier alpha value is -2.82. The van der Waals surface area contributed by atoms with Crippen LogP contribution in [0.25, 0.3) is 0 Å². The van der Waals surface area contributed by atoms with E-state index in [4.69, 9.17) is 4.74 Å². The fourth-order valence-corrected chi connectivity index (χ4v) is 3.32. The van der Waals surface area contributed by atoms with Gasteiger partial charge in [-0.25, -0.2) is 0 Å². The summed E-state index contributed by atoms with van der Waals surface area (Å²) in [6.45, 7) is 3.65. The predicted octanol–water partition coefficient (Wildman–Crippen LogP) is 3.11. The van der Waals surface area contributed by atoms with Gasteiger partial charge in [0.25, 0.3) is 0 Å². The molecule has 2 aromatic carbocycles. The number of rotatable bonds is 4. The van der Waals surface area contributed by atoms with Gasteiger partial charge in [-0.1, -0.05) is 48.0 Å². The second-order valence-corrected chi connectivity index (χ2v) is 6.37. The van der Waals surface area contributed by atoms with Crippen molar-refractivity contribution in [3.63, 3.8) is 0 Å². The van der Waals surface area contributed by atoms with Gasteiger partial charge < -0.3 is 14.7 Å². The van der Waals surface area contributed by atoms with Crippen LogP contribution in [0.5, 0.6) is 5.75 Å². The summed E-state index contributed by atoms with van der Waals surface area (Å²) in [6, 6.07) is 14.4. The van der Waals surface area contributed by atoms with Gasteiger partial charge in [-0.05, 0) is 18.6 Å². The molecule has 0 unspecified atom stereocenters. The zero-order chi connectivity index (χ0) is 18.0. The van der Waals surface area contributed by atoms with Crippen LogP contribution >= 0.6 is 0 Å². The van der Waals surface area contributed by atoms with E-state index < -0.39 is 18.1 Å². The highest BCUT2D eigenvalue weighted by Gasteiger charge is 2.43. The fraction of sp³-hybridized carbons (Fsp3) is 0.300. The molecule has 0 spiro atoms. The number of esters is 1. The van der Waals surface area contributed by atoms with E-state index in [1.807, 2.05) is 43.3 Å². The van der Waals surface area contributed by atoms with Crippen LogP contribution in [0.2, 0.25) is 0 Å². The van der Waals surface area contributed by atoms with Crippen molar-refractivity contribution in [2.75, 3.05) is 0 Å². The lowest BCUT2D eigenvalue weighted by Gasteiger charge is -2.29. The van der Waals surface area contributed by atoms with Crippen LogP contribution < -0.4 is 0 Å². The van der Waals surface area contributed by atoms with Gasteiger partial charge in [-0.2, -0.15) is 0 Å². The maximum absolute atomic E-state index is 12.6. The number of carbonyl (C=O) groups is 2. The van der Waals surface area contributed by atoms with Gasteiger partial charge in [-0.3, -0.25) is 9.59 Å². The van der Waals surface area contributed by atoms with E-state index in [0.29, 0.717) is 12.1 Å². The number of hydrogen-bond acceptors (Lipinski definition) is 4. The molecule has 0 aromatic heterocycles. The van der Waals surface area contributed by atoms with Gasteiger partial charge >= 0.3 is 5.97 Å². The second-order valence-electron chi connectivity index (χ2n) is 6.37. The fourth-order valence-electron chi connectivity index (χ4n) is 3.32. The molecule has 0 radical (unpaired) electrons. The summed E-state index contributed by atoms with van der Waals surface area (Å²) in [6.07, 6.45) is -0.494. The minimum absolute atomic E-state index is 0.0963. The predicted molar refractivity (Wildman–Crippen MR) is 92.7 cm³/mol. The Morgan fingerprint density at radius 1 is 1.24 bits per heavy atom. The lowest BCUT2D eigenvalue weighted by Crippen LogP contribution is -2.31. The number of amides is 1. The van der Waals surface area contributed by atoms with E-state index in [9.17, 15) is 14.7 Å². The molecule has 1 aliphatic heterocycles. The number of hydrogen-bond donors (Lipinski definition) is 1. The van der Waals surface area contributed by atoms with E-state index in [-0.39, 0.29) is 18.1 Å². The van der Waals surface area contributed by atoms with E-state index in [2.05, 4.69) is 0 Å². The average Bonchev–Trinajstić information content (AvgIpc) is 2.85. The Balaban J connectivity index is 2.00. The molecule has 0 aliphatic carbocycles. The van der Waals surface area contributed by atoms with Crippen LogP contribution in [0.4, 0.5) is 0 Å². The van der Waals surface area contributed by atoms with Crippen LogP contribution in [0, 0.1) is 6.92 Å². The van der Waals surface area contributed by atoms with Crippen LogP contribution in [-0.4, -0.2) is 28.0 Å². The minimum Gasteiger partial charge on any atom is -0.508 e. The minimum atomic E-state index is -0.610. The van der Waals surface area contributed by atoms with Crippen LogP contribution in [0.3, 0.4) is 0 Å². The molecule has 3 rings (SSSR count). The molecule has 2 atom stereocenters. The SMILES string of the molecule is CC(=O)O[C@H]1CC(=O)N(Cc2ccccc2)[C@@H]1c1cc(C)ccc1O. The van der Waals surface area contributed by atoms with E-state index in [0.717, 1.165) is 11.1 Å². The number of carbonyl (C=O) groups excluding carboxylic acids is 2. The van der Waals surface area contributed by atoms with Crippen LogP contribution in [0.1, 0.15) is 36.1 Å². The topological polar surface area (TPSA) is 66.8 Å². The Kier molecular flexibility index (Phi) is 4.74. The Labute approximate surface area is 146 Å². The third kappa shape index (κ3) is 3.65. The van der Waals surface area contributed by atoms with Gasteiger partial charge in [0.05, 0.1) is 12.5 Å². The first kappa shape index (κ1) is 17.0. The number of phenolic OH excluding ortho intramolecular Hbond substituents is 1. The maximum atomic E-state index is 12.6. The molecule has 25 heavy (non-hydrogen) atoms. The van der Waals surface area contributed by atoms with Crippen molar-refractivity contribution in [1.82, 2.24) is 4.90 Å². The molecule has 5 heteroatoms.